The highest BCUT2D eigenvalue weighted by molar-refractivity contribution is 7.10. The molecular weight excluding hydrogens is 288 g/mol. The van der Waals surface area contributed by atoms with Crippen molar-refractivity contribution >= 4 is 23.4 Å². The summed E-state index contributed by atoms with van der Waals surface area (Å²) in [7, 11) is 0. The van der Waals surface area contributed by atoms with E-state index in [0.717, 1.165) is 51.3 Å². The minimum absolute atomic E-state index is 0.226. The van der Waals surface area contributed by atoms with Crippen molar-refractivity contribution in [2.24, 2.45) is 0 Å². The van der Waals surface area contributed by atoms with Gasteiger partial charge < -0.3 is 10.2 Å². The molecule has 0 atom stereocenters. The highest BCUT2D eigenvalue weighted by Gasteiger charge is 2.15. The van der Waals surface area contributed by atoms with Gasteiger partial charge in [0.05, 0.1) is 6.61 Å². The highest BCUT2D eigenvalue weighted by Crippen LogP contribution is 2.19. The molecule has 0 aromatic carbocycles. The first-order chi connectivity index (χ1) is 10.2. The lowest BCUT2D eigenvalue weighted by atomic mass is 10.2. The molecule has 0 bridgehead atoms. The maximum absolute atomic E-state index is 10.5. The van der Waals surface area contributed by atoms with Crippen LogP contribution in [0, 0.1) is 0 Å². The largest absolute Gasteiger partial charge is 0.478 e. The van der Waals surface area contributed by atoms with Crippen LogP contribution < -0.4 is 0 Å². The van der Waals surface area contributed by atoms with E-state index in [0.29, 0.717) is 0 Å². The van der Waals surface area contributed by atoms with Crippen LogP contribution in [0.5, 0.6) is 0 Å². The quantitative estimate of drug-likeness (QED) is 0.777. The number of aliphatic carboxylic acids is 1. The standard InChI is InChI=1S/C15H22N2O3S/c18-9-8-16-4-1-5-17(7-6-16)11-14-10-13(12-21-14)2-3-15(19)20/h2-3,10,12,18H,1,4-9,11H2,(H,19,20)/b3-2+. The molecule has 2 heterocycles. The molecular formula is C15H22N2O3S. The summed E-state index contributed by atoms with van der Waals surface area (Å²) in [5.41, 5.74) is 0.953. The molecule has 21 heavy (non-hydrogen) atoms. The zero-order valence-electron chi connectivity index (χ0n) is 12.1. The van der Waals surface area contributed by atoms with Gasteiger partial charge in [-0.3, -0.25) is 9.80 Å². The van der Waals surface area contributed by atoms with E-state index in [9.17, 15) is 4.79 Å². The average molecular weight is 310 g/mol. The van der Waals surface area contributed by atoms with Crippen molar-refractivity contribution in [3.63, 3.8) is 0 Å². The molecule has 116 valence electrons. The Hall–Kier alpha value is -1.21. The molecule has 2 N–H and O–H groups in total. The van der Waals surface area contributed by atoms with Gasteiger partial charge in [0.15, 0.2) is 0 Å². The van der Waals surface area contributed by atoms with Crippen molar-refractivity contribution in [1.82, 2.24) is 9.80 Å². The monoisotopic (exact) mass is 310 g/mol. The predicted octanol–water partition coefficient (Wildman–Crippen LogP) is 1.35. The van der Waals surface area contributed by atoms with Crippen LogP contribution in [-0.2, 0) is 11.3 Å². The average Bonchev–Trinajstić information content (AvgIpc) is 2.78. The molecule has 0 spiro atoms. The fourth-order valence-electron chi connectivity index (χ4n) is 2.50. The lowest BCUT2D eigenvalue weighted by Crippen LogP contribution is -2.32. The fraction of sp³-hybridized carbons (Fsp3) is 0.533. The fourth-order valence-corrected chi connectivity index (χ4v) is 3.40. The summed E-state index contributed by atoms with van der Waals surface area (Å²) < 4.78 is 0. The van der Waals surface area contributed by atoms with E-state index >= 15 is 0 Å². The highest BCUT2D eigenvalue weighted by atomic mass is 32.1. The van der Waals surface area contributed by atoms with E-state index in [1.54, 1.807) is 17.4 Å². The van der Waals surface area contributed by atoms with Crippen LogP contribution in [0.1, 0.15) is 16.9 Å². The molecule has 1 aromatic rings. The number of β-amino-alcohol motifs (C(OH)–C–C–N with tert-alkyl or cyclic N) is 1. The summed E-state index contributed by atoms with van der Waals surface area (Å²) >= 11 is 1.67. The number of carboxylic acids is 1. The number of carboxylic acid groups (broad SMARTS) is 1. The predicted molar refractivity (Wildman–Crippen MR) is 84.4 cm³/mol. The first kappa shape index (κ1) is 16.2. The number of hydrogen-bond acceptors (Lipinski definition) is 5. The SMILES string of the molecule is O=C(O)/C=C/c1csc(CN2CCCN(CCO)CC2)c1. The van der Waals surface area contributed by atoms with E-state index in [4.69, 9.17) is 10.2 Å². The van der Waals surface area contributed by atoms with E-state index in [-0.39, 0.29) is 6.61 Å². The molecule has 5 nitrogen and oxygen atoms in total. The lowest BCUT2D eigenvalue weighted by Gasteiger charge is -2.20. The topological polar surface area (TPSA) is 64.0 Å². The summed E-state index contributed by atoms with van der Waals surface area (Å²) in [4.78, 5) is 16.5. The Kier molecular flexibility index (Phi) is 6.38. The van der Waals surface area contributed by atoms with Crippen molar-refractivity contribution in [2.45, 2.75) is 13.0 Å². The minimum atomic E-state index is -0.917. The molecule has 0 radical (unpaired) electrons. The minimum Gasteiger partial charge on any atom is -0.478 e. The van der Waals surface area contributed by atoms with Gasteiger partial charge >= 0.3 is 5.97 Å². The maximum Gasteiger partial charge on any atom is 0.328 e. The van der Waals surface area contributed by atoms with Crippen molar-refractivity contribution < 1.29 is 15.0 Å². The summed E-state index contributed by atoms with van der Waals surface area (Å²) in [6.45, 7) is 6.03. The summed E-state index contributed by atoms with van der Waals surface area (Å²) in [6.07, 6.45) is 3.93. The Morgan fingerprint density at radius 2 is 2.05 bits per heavy atom. The Bertz CT molecular complexity index is 487. The summed E-state index contributed by atoms with van der Waals surface area (Å²) in [5.74, 6) is -0.917. The van der Waals surface area contributed by atoms with Crippen LogP contribution in [0.4, 0.5) is 0 Å². The molecule has 0 amide bonds. The third-order valence-corrected chi connectivity index (χ3v) is 4.51. The number of aliphatic hydroxyl groups is 1. The van der Waals surface area contributed by atoms with Crippen LogP contribution in [0.25, 0.3) is 6.08 Å². The first-order valence-electron chi connectivity index (χ1n) is 7.21. The van der Waals surface area contributed by atoms with Gasteiger partial charge in [0, 0.05) is 37.1 Å². The van der Waals surface area contributed by atoms with Gasteiger partial charge in [0.2, 0.25) is 0 Å². The van der Waals surface area contributed by atoms with E-state index in [1.165, 1.54) is 11.0 Å². The molecule has 1 saturated heterocycles. The second-order valence-electron chi connectivity index (χ2n) is 5.21. The third-order valence-electron chi connectivity index (χ3n) is 3.57. The Morgan fingerprint density at radius 1 is 1.29 bits per heavy atom. The van der Waals surface area contributed by atoms with Crippen LogP contribution in [0.3, 0.4) is 0 Å². The lowest BCUT2D eigenvalue weighted by molar-refractivity contribution is -0.131. The molecule has 0 aliphatic carbocycles. The third kappa shape index (κ3) is 5.59. The number of aliphatic hydroxyl groups excluding tert-OH is 1. The number of nitrogens with zero attached hydrogens (tertiary/aromatic N) is 2. The zero-order valence-corrected chi connectivity index (χ0v) is 12.9. The molecule has 1 fully saturated rings. The van der Waals surface area contributed by atoms with Crippen LogP contribution in [0.2, 0.25) is 0 Å². The summed E-state index contributed by atoms with van der Waals surface area (Å²) in [6, 6.07) is 2.06. The normalized spacial score (nSPS) is 18.1. The van der Waals surface area contributed by atoms with Gasteiger partial charge in [0.25, 0.3) is 0 Å². The van der Waals surface area contributed by atoms with Crippen molar-refractivity contribution in [1.29, 1.82) is 0 Å². The molecule has 6 heteroatoms. The van der Waals surface area contributed by atoms with E-state index in [2.05, 4.69) is 15.9 Å². The summed E-state index contributed by atoms with van der Waals surface area (Å²) in [5, 5.41) is 19.6. The van der Waals surface area contributed by atoms with Gasteiger partial charge in [-0.1, -0.05) is 0 Å². The van der Waals surface area contributed by atoms with Crippen LogP contribution in [-0.4, -0.2) is 65.3 Å². The van der Waals surface area contributed by atoms with Gasteiger partial charge in [-0.2, -0.15) is 0 Å². The Morgan fingerprint density at radius 3 is 2.81 bits per heavy atom. The molecule has 0 saturated carbocycles. The maximum atomic E-state index is 10.5. The Labute approximate surface area is 129 Å². The van der Waals surface area contributed by atoms with Gasteiger partial charge in [0.1, 0.15) is 0 Å². The number of hydrogen-bond donors (Lipinski definition) is 2. The second-order valence-corrected chi connectivity index (χ2v) is 6.21. The Balaban J connectivity index is 1.85. The van der Waals surface area contributed by atoms with Crippen molar-refractivity contribution in [2.75, 3.05) is 39.3 Å². The molecule has 1 aromatic heterocycles. The van der Waals surface area contributed by atoms with Crippen LogP contribution >= 0.6 is 11.3 Å². The van der Waals surface area contributed by atoms with Crippen LogP contribution in [0.15, 0.2) is 17.5 Å². The van der Waals surface area contributed by atoms with E-state index < -0.39 is 5.97 Å². The smallest absolute Gasteiger partial charge is 0.328 e. The second kappa shape index (κ2) is 8.29. The molecule has 0 unspecified atom stereocenters. The van der Waals surface area contributed by atoms with E-state index in [1.807, 2.05) is 5.38 Å². The van der Waals surface area contributed by atoms with Gasteiger partial charge in [-0.05, 0) is 42.6 Å². The first-order valence-corrected chi connectivity index (χ1v) is 8.09. The van der Waals surface area contributed by atoms with Crippen molar-refractivity contribution in [3.8, 4) is 0 Å². The van der Waals surface area contributed by atoms with Gasteiger partial charge in [-0.15, -0.1) is 11.3 Å². The number of carbonyl (C=O) groups is 1. The van der Waals surface area contributed by atoms with Crippen molar-refractivity contribution in [3.05, 3.63) is 28.0 Å². The number of thiophene rings is 1. The molecule has 1 aliphatic rings. The zero-order chi connectivity index (χ0) is 15.1. The van der Waals surface area contributed by atoms with Gasteiger partial charge in [-0.25, -0.2) is 4.79 Å². The molecule has 1 aliphatic heterocycles. The number of rotatable bonds is 6. The molecule has 2 rings (SSSR count).